The molecule has 4 heteroatoms. The second kappa shape index (κ2) is 8.57. The minimum absolute atomic E-state index is 0. The van der Waals surface area contributed by atoms with Crippen molar-refractivity contribution in [2.45, 2.75) is 18.2 Å². The highest BCUT2D eigenvalue weighted by Gasteiger charge is 1.95. The third-order valence-corrected chi connectivity index (χ3v) is 2.51. The summed E-state index contributed by atoms with van der Waals surface area (Å²) < 4.78 is 0. The van der Waals surface area contributed by atoms with Gasteiger partial charge >= 0.3 is 0 Å². The molecule has 0 radical (unpaired) electrons. The van der Waals surface area contributed by atoms with E-state index >= 15 is 0 Å². The predicted octanol–water partition coefficient (Wildman–Crippen LogP) is 3.83. The first kappa shape index (κ1) is 15.4. The first-order chi connectivity index (χ1) is 6.68. The van der Waals surface area contributed by atoms with Crippen LogP contribution in [-0.2, 0) is 6.42 Å². The molecule has 0 amide bonds. The van der Waals surface area contributed by atoms with Crippen molar-refractivity contribution in [3.05, 3.63) is 34.9 Å². The van der Waals surface area contributed by atoms with Crippen LogP contribution in [0.5, 0.6) is 0 Å². The molecule has 1 atom stereocenters. The molecule has 86 valence electrons. The van der Waals surface area contributed by atoms with Gasteiger partial charge in [0.05, 0.1) is 0 Å². The normalized spacial score (nSPS) is 11.9. The minimum Gasteiger partial charge on any atom is -0.315 e. The van der Waals surface area contributed by atoms with E-state index in [2.05, 4.69) is 40.3 Å². The van der Waals surface area contributed by atoms with Crippen LogP contribution in [-0.4, -0.2) is 17.9 Å². The Morgan fingerprint density at radius 2 is 1.93 bits per heavy atom. The molecule has 0 aliphatic heterocycles. The summed E-state index contributed by atoms with van der Waals surface area (Å²) in [4.78, 5) is 0.535. The lowest BCUT2D eigenvalue weighted by atomic mass is 10.1. The third-order valence-electron chi connectivity index (χ3n) is 1.93. The van der Waals surface area contributed by atoms with Gasteiger partial charge in [-0.3, -0.25) is 0 Å². The average Bonchev–Trinajstić information content (AvgIpc) is 2.15. The van der Waals surface area contributed by atoms with Crippen molar-refractivity contribution >= 4 is 44.5 Å². The molecule has 0 heterocycles. The van der Waals surface area contributed by atoms with Crippen LogP contribution in [0.25, 0.3) is 0 Å². The monoisotopic (exact) mass is 355 g/mol. The smallest absolute Gasteiger partial charge is 0.0406 e. The molecule has 1 rings (SSSR count). The lowest BCUT2D eigenvalue weighted by molar-refractivity contribution is 0.683. The summed E-state index contributed by atoms with van der Waals surface area (Å²) in [6.07, 6.45) is 1.05. The SMILES string of the molecule is Br.CC(Br)CNCCc1ccc(Cl)cc1. The number of halogens is 3. The van der Waals surface area contributed by atoms with E-state index in [4.69, 9.17) is 11.6 Å². The zero-order chi connectivity index (χ0) is 10.4. The van der Waals surface area contributed by atoms with E-state index in [9.17, 15) is 0 Å². The predicted molar refractivity (Wildman–Crippen MR) is 76.7 cm³/mol. The Bertz CT molecular complexity index is 262. The van der Waals surface area contributed by atoms with Gasteiger partial charge in [-0.25, -0.2) is 0 Å². The first-order valence-electron chi connectivity index (χ1n) is 4.77. The quantitative estimate of drug-likeness (QED) is 0.624. The van der Waals surface area contributed by atoms with Crippen molar-refractivity contribution in [2.24, 2.45) is 0 Å². The molecule has 1 N–H and O–H groups in total. The second-order valence-corrected chi connectivity index (χ2v) is 5.36. The van der Waals surface area contributed by atoms with E-state index < -0.39 is 0 Å². The molecule has 0 aliphatic rings. The van der Waals surface area contributed by atoms with Gasteiger partial charge in [-0.2, -0.15) is 0 Å². The second-order valence-electron chi connectivity index (χ2n) is 3.36. The Morgan fingerprint density at radius 3 is 2.47 bits per heavy atom. The van der Waals surface area contributed by atoms with Crippen LogP contribution in [0.4, 0.5) is 0 Å². The lowest BCUT2D eigenvalue weighted by Crippen LogP contribution is -2.23. The molecule has 1 aromatic rings. The molecule has 0 saturated heterocycles. The zero-order valence-electron chi connectivity index (χ0n) is 8.67. The molecule has 1 unspecified atom stereocenters. The molecule has 1 nitrogen and oxygen atoms in total. The highest BCUT2D eigenvalue weighted by Crippen LogP contribution is 2.09. The Balaban J connectivity index is 0.00000196. The maximum absolute atomic E-state index is 5.79. The molecule has 0 aromatic heterocycles. The van der Waals surface area contributed by atoms with Crippen molar-refractivity contribution in [3.63, 3.8) is 0 Å². The van der Waals surface area contributed by atoms with Crippen LogP contribution in [0.15, 0.2) is 24.3 Å². The Kier molecular flexibility index (Phi) is 8.81. The summed E-state index contributed by atoms with van der Waals surface area (Å²) in [5.74, 6) is 0. The fraction of sp³-hybridized carbons (Fsp3) is 0.455. The fourth-order valence-electron chi connectivity index (χ4n) is 1.18. The van der Waals surface area contributed by atoms with E-state index in [0.29, 0.717) is 4.83 Å². The van der Waals surface area contributed by atoms with Crippen molar-refractivity contribution in [2.75, 3.05) is 13.1 Å². The van der Waals surface area contributed by atoms with Gasteiger partial charge in [0.1, 0.15) is 0 Å². The van der Waals surface area contributed by atoms with E-state index in [1.807, 2.05) is 12.1 Å². The molecule has 0 fully saturated rings. The topological polar surface area (TPSA) is 12.0 Å². The highest BCUT2D eigenvalue weighted by molar-refractivity contribution is 9.09. The maximum Gasteiger partial charge on any atom is 0.0406 e. The molecule has 0 aliphatic carbocycles. The van der Waals surface area contributed by atoms with E-state index in [-0.39, 0.29) is 17.0 Å². The number of rotatable bonds is 5. The number of benzene rings is 1. The van der Waals surface area contributed by atoms with Crippen LogP contribution in [0.1, 0.15) is 12.5 Å². The van der Waals surface area contributed by atoms with E-state index in [1.54, 1.807) is 0 Å². The van der Waals surface area contributed by atoms with Gasteiger partial charge in [0.15, 0.2) is 0 Å². The van der Waals surface area contributed by atoms with Gasteiger partial charge in [-0.15, -0.1) is 17.0 Å². The molecule has 15 heavy (non-hydrogen) atoms. The molecule has 0 saturated carbocycles. The van der Waals surface area contributed by atoms with Crippen LogP contribution in [0, 0.1) is 0 Å². The van der Waals surface area contributed by atoms with Gasteiger partial charge in [0.2, 0.25) is 0 Å². The van der Waals surface area contributed by atoms with E-state index in [1.165, 1.54) is 5.56 Å². The van der Waals surface area contributed by atoms with E-state index in [0.717, 1.165) is 24.5 Å². The fourth-order valence-corrected chi connectivity index (χ4v) is 1.54. The van der Waals surface area contributed by atoms with Gasteiger partial charge in [-0.1, -0.05) is 46.6 Å². The molecule has 0 bridgehead atoms. The summed E-state index contributed by atoms with van der Waals surface area (Å²) in [7, 11) is 0. The minimum atomic E-state index is 0. The Morgan fingerprint density at radius 1 is 1.33 bits per heavy atom. The Hall–Kier alpha value is 0.430. The average molecular weight is 358 g/mol. The van der Waals surface area contributed by atoms with Crippen LogP contribution in [0.2, 0.25) is 5.02 Å². The number of hydrogen-bond acceptors (Lipinski definition) is 1. The van der Waals surface area contributed by atoms with Crippen molar-refractivity contribution in [1.29, 1.82) is 0 Å². The number of nitrogens with one attached hydrogen (secondary N) is 1. The zero-order valence-corrected chi connectivity index (χ0v) is 12.7. The third kappa shape index (κ3) is 7.34. The molecule has 1 aromatic carbocycles. The lowest BCUT2D eigenvalue weighted by Gasteiger charge is -2.06. The maximum atomic E-state index is 5.79. The Labute approximate surface area is 115 Å². The van der Waals surface area contributed by atoms with Gasteiger partial charge in [-0.05, 0) is 30.7 Å². The first-order valence-corrected chi connectivity index (χ1v) is 6.07. The highest BCUT2D eigenvalue weighted by atomic mass is 79.9. The van der Waals surface area contributed by atoms with Gasteiger partial charge < -0.3 is 5.32 Å². The standard InChI is InChI=1S/C11H15BrClN.BrH/c1-9(12)8-14-7-6-10-2-4-11(13)5-3-10;/h2-5,9,14H,6-8H2,1H3;1H. The number of hydrogen-bond donors (Lipinski definition) is 1. The molecular weight excluding hydrogens is 341 g/mol. The van der Waals surface area contributed by atoms with Gasteiger partial charge in [0, 0.05) is 16.4 Å². The van der Waals surface area contributed by atoms with Crippen LogP contribution < -0.4 is 5.32 Å². The number of alkyl halides is 1. The summed E-state index contributed by atoms with van der Waals surface area (Å²) >= 11 is 9.28. The van der Waals surface area contributed by atoms with Crippen LogP contribution in [0.3, 0.4) is 0 Å². The molecule has 0 spiro atoms. The summed E-state index contributed by atoms with van der Waals surface area (Å²) in [6.45, 7) is 4.15. The summed E-state index contributed by atoms with van der Waals surface area (Å²) in [5, 5.41) is 4.17. The van der Waals surface area contributed by atoms with Crippen molar-refractivity contribution < 1.29 is 0 Å². The van der Waals surface area contributed by atoms with Gasteiger partial charge in [0.25, 0.3) is 0 Å². The van der Waals surface area contributed by atoms with Crippen LogP contribution >= 0.6 is 44.5 Å². The summed E-state index contributed by atoms with van der Waals surface area (Å²) in [5.41, 5.74) is 1.32. The molecular formula is C11H16Br2ClN. The van der Waals surface area contributed by atoms with Crippen molar-refractivity contribution in [1.82, 2.24) is 5.32 Å². The largest absolute Gasteiger partial charge is 0.315 e. The van der Waals surface area contributed by atoms with Crippen molar-refractivity contribution in [3.8, 4) is 0 Å². The summed E-state index contributed by atoms with van der Waals surface area (Å²) in [6, 6.07) is 8.01.